The van der Waals surface area contributed by atoms with Crippen LogP contribution in [0.25, 0.3) is 0 Å². The number of hydrogen-bond acceptors (Lipinski definition) is 1. The maximum Gasteiger partial charge on any atom is 0.129 e. The summed E-state index contributed by atoms with van der Waals surface area (Å²) in [5.41, 5.74) is 4.26. The van der Waals surface area contributed by atoms with Crippen LogP contribution >= 0.6 is 0 Å². The first-order chi connectivity index (χ1) is 7.79. The van der Waals surface area contributed by atoms with Crippen LogP contribution in [-0.4, -0.2) is 13.9 Å². The molecular weight excluding hydrogens is 224 g/mol. The molecule has 2 atom stereocenters. The zero-order valence-electron chi connectivity index (χ0n) is 12.2. The highest BCUT2D eigenvalue weighted by Gasteiger charge is 2.27. The molecule has 0 bridgehead atoms. The lowest BCUT2D eigenvalue weighted by atomic mass is 9.75. The summed E-state index contributed by atoms with van der Waals surface area (Å²) in [6.07, 6.45) is 5.79. The third kappa shape index (κ3) is 5.20. The monoisotopic (exact) mass is 252 g/mol. The number of carbonyl (C=O) groups excluding carboxylic acids is 1. The van der Waals surface area contributed by atoms with Crippen molar-refractivity contribution in [1.29, 1.82) is 0 Å². The Balaban J connectivity index is 2.77. The lowest BCUT2D eigenvalue weighted by Gasteiger charge is -2.33. The first-order valence-electron chi connectivity index (χ1n) is 7.00. The van der Waals surface area contributed by atoms with Gasteiger partial charge in [-0.05, 0) is 44.4 Å². The molecule has 0 amide bonds. The molecule has 0 heterocycles. The van der Waals surface area contributed by atoms with Gasteiger partial charge in [0.15, 0.2) is 0 Å². The van der Waals surface area contributed by atoms with Crippen molar-refractivity contribution in [2.75, 3.05) is 0 Å². The lowest BCUT2D eigenvalue weighted by molar-refractivity contribution is -0.117. The highest BCUT2D eigenvalue weighted by molar-refractivity contribution is 6.81. The summed E-state index contributed by atoms with van der Waals surface area (Å²) in [4.78, 5) is 11.2. The van der Waals surface area contributed by atoms with Gasteiger partial charge in [0.1, 0.15) is 5.78 Å². The van der Waals surface area contributed by atoms with Gasteiger partial charge in [0.05, 0.1) is 8.07 Å². The number of allylic oxidation sites excluding steroid dienone is 1. The predicted molar refractivity (Wildman–Crippen MR) is 77.8 cm³/mol. The molecule has 1 saturated carbocycles. The molecular formula is C15H28OSi. The zero-order chi connectivity index (χ0) is 13.1. The molecule has 0 aliphatic heterocycles. The summed E-state index contributed by atoms with van der Waals surface area (Å²) in [7, 11) is -1.12. The largest absolute Gasteiger partial charge is 0.300 e. The summed E-state index contributed by atoms with van der Waals surface area (Å²) < 4.78 is 0. The smallest absolute Gasteiger partial charge is 0.129 e. The fraction of sp³-hybridized carbons (Fsp3) is 0.800. The first kappa shape index (κ1) is 14.7. The molecule has 17 heavy (non-hydrogen) atoms. The molecule has 0 N–H and O–H groups in total. The van der Waals surface area contributed by atoms with Crippen LogP contribution in [0.4, 0.5) is 0 Å². The van der Waals surface area contributed by atoms with Gasteiger partial charge in [-0.2, -0.15) is 0 Å². The number of rotatable bonds is 4. The SMILES string of the molecule is CC(=O)CC[C@H]1/C(=C\[Si](C)(C)C)CCC[C@H]1C. The molecule has 2 heteroatoms. The molecule has 0 saturated heterocycles. The van der Waals surface area contributed by atoms with Crippen LogP contribution in [0.5, 0.6) is 0 Å². The van der Waals surface area contributed by atoms with Gasteiger partial charge < -0.3 is 4.79 Å². The number of ketones is 1. The summed E-state index contributed by atoms with van der Waals surface area (Å²) in [5, 5.41) is 0. The first-order valence-corrected chi connectivity index (χ1v) is 10.6. The van der Waals surface area contributed by atoms with Crippen LogP contribution in [0.2, 0.25) is 19.6 Å². The standard InChI is InChI=1S/C15H28OSi/c1-12-7-6-8-14(11-17(3,4)5)15(12)10-9-13(2)16/h11-12,15H,6-10H2,1-5H3/b14-11-/t12-,15-/m1/s1. The molecule has 1 fully saturated rings. The fourth-order valence-electron chi connectivity index (χ4n) is 2.94. The Kier molecular flexibility index (Phi) is 5.17. The van der Waals surface area contributed by atoms with Crippen molar-refractivity contribution in [1.82, 2.24) is 0 Å². The second-order valence-corrected chi connectivity index (χ2v) is 11.8. The number of hydrogen-bond donors (Lipinski definition) is 0. The molecule has 1 aliphatic carbocycles. The molecule has 0 aromatic heterocycles. The minimum absolute atomic E-state index is 0.343. The van der Waals surface area contributed by atoms with Crippen LogP contribution in [-0.2, 0) is 4.79 Å². The van der Waals surface area contributed by atoms with Crippen molar-refractivity contribution in [2.45, 2.75) is 65.6 Å². The van der Waals surface area contributed by atoms with Crippen molar-refractivity contribution in [3.63, 3.8) is 0 Å². The van der Waals surface area contributed by atoms with E-state index in [2.05, 4.69) is 32.3 Å². The van der Waals surface area contributed by atoms with Crippen molar-refractivity contribution in [2.24, 2.45) is 11.8 Å². The van der Waals surface area contributed by atoms with Crippen LogP contribution in [0.1, 0.15) is 46.0 Å². The van der Waals surface area contributed by atoms with E-state index < -0.39 is 8.07 Å². The molecule has 0 spiro atoms. The van der Waals surface area contributed by atoms with E-state index in [1.54, 1.807) is 12.5 Å². The average Bonchev–Trinajstić information content (AvgIpc) is 2.13. The minimum Gasteiger partial charge on any atom is -0.300 e. The second kappa shape index (κ2) is 5.99. The zero-order valence-corrected chi connectivity index (χ0v) is 13.2. The molecule has 1 nitrogen and oxygen atoms in total. The van der Waals surface area contributed by atoms with Crippen molar-refractivity contribution in [3.8, 4) is 0 Å². The molecule has 1 rings (SSSR count). The molecule has 98 valence electrons. The Morgan fingerprint density at radius 1 is 1.41 bits per heavy atom. The summed E-state index contributed by atoms with van der Waals surface area (Å²) in [6.45, 7) is 11.3. The third-order valence-corrected chi connectivity index (χ3v) is 4.95. The average molecular weight is 252 g/mol. The van der Waals surface area contributed by atoms with Gasteiger partial charge in [0, 0.05) is 6.42 Å². The maximum absolute atomic E-state index is 11.2. The molecule has 0 unspecified atom stereocenters. The molecule has 0 aromatic rings. The maximum atomic E-state index is 11.2. The number of carbonyl (C=O) groups is 1. The Labute approximate surface area is 108 Å². The molecule has 1 aliphatic rings. The Morgan fingerprint density at radius 3 is 2.59 bits per heavy atom. The van der Waals surface area contributed by atoms with E-state index in [0.717, 1.165) is 18.8 Å². The third-order valence-electron chi connectivity index (χ3n) is 3.71. The van der Waals surface area contributed by atoms with E-state index in [1.165, 1.54) is 19.3 Å². The Bertz CT molecular complexity index is 299. The van der Waals surface area contributed by atoms with Crippen LogP contribution in [0.3, 0.4) is 0 Å². The lowest BCUT2D eigenvalue weighted by Crippen LogP contribution is -2.25. The number of Topliss-reactive ketones (excluding diaryl/α,β-unsaturated/α-hetero) is 1. The van der Waals surface area contributed by atoms with E-state index >= 15 is 0 Å². The van der Waals surface area contributed by atoms with Gasteiger partial charge in [-0.15, -0.1) is 0 Å². The fourth-order valence-corrected chi connectivity index (χ4v) is 4.42. The minimum atomic E-state index is -1.12. The normalized spacial score (nSPS) is 28.4. The quantitative estimate of drug-likeness (QED) is 0.669. The van der Waals surface area contributed by atoms with Crippen molar-refractivity contribution in [3.05, 3.63) is 11.3 Å². The highest BCUT2D eigenvalue weighted by atomic mass is 28.3. The Morgan fingerprint density at radius 2 is 2.06 bits per heavy atom. The van der Waals surface area contributed by atoms with Gasteiger partial charge in [0.2, 0.25) is 0 Å². The van der Waals surface area contributed by atoms with E-state index in [9.17, 15) is 4.79 Å². The van der Waals surface area contributed by atoms with E-state index in [-0.39, 0.29) is 0 Å². The van der Waals surface area contributed by atoms with E-state index in [0.29, 0.717) is 11.7 Å². The van der Waals surface area contributed by atoms with Gasteiger partial charge in [0.25, 0.3) is 0 Å². The Hall–Kier alpha value is -0.373. The topological polar surface area (TPSA) is 17.1 Å². The van der Waals surface area contributed by atoms with Gasteiger partial charge >= 0.3 is 0 Å². The van der Waals surface area contributed by atoms with E-state index in [4.69, 9.17) is 0 Å². The summed E-state index contributed by atoms with van der Waals surface area (Å²) >= 11 is 0. The van der Waals surface area contributed by atoms with Gasteiger partial charge in [-0.25, -0.2) is 0 Å². The van der Waals surface area contributed by atoms with Crippen molar-refractivity contribution < 1.29 is 4.79 Å². The van der Waals surface area contributed by atoms with Crippen LogP contribution < -0.4 is 0 Å². The van der Waals surface area contributed by atoms with Gasteiger partial charge in [-0.3, -0.25) is 0 Å². The molecule has 0 aromatic carbocycles. The predicted octanol–water partition coefficient (Wildman–Crippen LogP) is 4.60. The summed E-state index contributed by atoms with van der Waals surface area (Å²) in [5.74, 6) is 1.79. The highest BCUT2D eigenvalue weighted by Crippen LogP contribution is 2.38. The summed E-state index contributed by atoms with van der Waals surface area (Å²) in [6, 6.07) is 0. The van der Waals surface area contributed by atoms with Crippen LogP contribution in [0.15, 0.2) is 11.3 Å². The second-order valence-electron chi connectivity index (χ2n) is 6.80. The van der Waals surface area contributed by atoms with Crippen LogP contribution in [0, 0.1) is 11.8 Å². The van der Waals surface area contributed by atoms with E-state index in [1.807, 2.05) is 0 Å². The van der Waals surface area contributed by atoms with Gasteiger partial charge in [-0.1, -0.05) is 37.8 Å². The van der Waals surface area contributed by atoms with Crippen molar-refractivity contribution >= 4 is 13.9 Å². The molecule has 0 radical (unpaired) electrons.